The molecule has 2 rings (SSSR count). The molecule has 5 nitrogen and oxygen atoms in total. The van der Waals surface area contributed by atoms with E-state index in [0.29, 0.717) is 12.1 Å². The first kappa shape index (κ1) is 14.3. The standard InChI is InChI=1S/C14H15N3O2S/c1-19-14-16-8-11(9-17-14)13(18)15-7-10-3-5-12(20-2)6-4-10/h3-6,8-9H,7H2,1-2H3,(H,15,18). The Balaban J connectivity index is 1.93. The lowest BCUT2D eigenvalue weighted by Gasteiger charge is -2.06. The van der Waals surface area contributed by atoms with E-state index in [-0.39, 0.29) is 11.9 Å². The van der Waals surface area contributed by atoms with Crippen molar-refractivity contribution in [1.29, 1.82) is 0 Å². The molecule has 0 unspecified atom stereocenters. The van der Waals surface area contributed by atoms with E-state index in [1.54, 1.807) is 11.8 Å². The Kier molecular flexibility index (Phi) is 4.95. The summed E-state index contributed by atoms with van der Waals surface area (Å²) < 4.78 is 4.84. The highest BCUT2D eigenvalue weighted by molar-refractivity contribution is 7.98. The van der Waals surface area contributed by atoms with Gasteiger partial charge in [0.1, 0.15) is 0 Å². The summed E-state index contributed by atoms with van der Waals surface area (Å²) in [5, 5.41) is 2.82. The summed E-state index contributed by atoms with van der Waals surface area (Å²) in [6, 6.07) is 8.30. The van der Waals surface area contributed by atoms with Gasteiger partial charge in [-0.2, -0.15) is 0 Å². The third kappa shape index (κ3) is 3.71. The van der Waals surface area contributed by atoms with Crippen molar-refractivity contribution in [3.05, 3.63) is 47.8 Å². The van der Waals surface area contributed by atoms with Gasteiger partial charge in [-0.3, -0.25) is 4.79 Å². The van der Waals surface area contributed by atoms with Crippen molar-refractivity contribution < 1.29 is 9.53 Å². The molecular weight excluding hydrogens is 274 g/mol. The van der Waals surface area contributed by atoms with Crippen LogP contribution in [0.1, 0.15) is 15.9 Å². The third-order valence-electron chi connectivity index (χ3n) is 2.69. The molecule has 0 bridgehead atoms. The number of nitrogens with one attached hydrogen (secondary N) is 1. The zero-order valence-electron chi connectivity index (χ0n) is 11.3. The monoisotopic (exact) mass is 289 g/mol. The summed E-state index contributed by atoms with van der Waals surface area (Å²) in [5.41, 5.74) is 1.46. The minimum Gasteiger partial charge on any atom is -0.467 e. The number of methoxy groups -OCH3 is 1. The molecule has 20 heavy (non-hydrogen) atoms. The molecule has 0 saturated heterocycles. The van der Waals surface area contributed by atoms with E-state index in [4.69, 9.17) is 4.74 Å². The van der Waals surface area contributed by atoms with Gasteiger partial charge in [0, 0.05) is 23.8 Å². The van der Waals surface area contributed by atoms with Gasteiger partial charge in [-0.15, -0.1) is 11.8 Å². The van der Waals surface area contributed by atoms with Crippen molar-refractivity contribution in [1.82, 2.24) is 15.3 Å². The molecule has 0 aliphatic carbocycles. The number of benzene rings is 1. The number of hydrogen-bond donors (Lipinski definition) is 1. The van der Waals surface area contributed by atoms with Crippen LogP contribution in [0.2, 0.25) is 0 Å². The number of amides is 1. The number of thioether (sulfide) groups is 1. The molecule has 1 amide bonds. The van der Waals surface area contributed by atoms with E-state index in [1.807, 2.05) is 30.5 Å². The van der Waals surface area contributed by atoms with Gasteiger partial charge in [-0.1, -0.05) is 12.1 Å². The summed E-state index contributed by atoms with van der Waals surface area (Å²) in [6.45, 7) is 0.472. The number of rotatable bonds is 5. The predicted molar refractivity (Wildman–Crippen MR) is 78.0 cm³/mol. The van der Waals surface area contributed by atoms with E-state index < -0.39 is 0 Å². The lowest BCUT2D eigenvalue weighted by Crippen LogP contribution is -2.23. The van der Waals surface area contributed by atoms with Crippen LogP contribution in [0.15, 0.2) is 41.6 Å². The quantitative estimate of drug-likeness (QED) is 0.854. The maximum Gasteiger partial charge on any atom is 0.316 e. The van der Waals surface area contributed by atoms with Crippen molar-refractivity contribution in [2.45, 2.75) is 11.4 Å². The number of hydrogen-bond acceptors (Lipinski definition) is 5. The molecule has 1 heterocycles. The van der Waals surface area contributed by atoms with Crippen LogP contribution >= 0.6 is 11.8 Å². The van der Waals surface area contributed by atoms with E-state index in [0.717, 1.165) is 5.56 Å². The Bertz CT molecular complexity index is 570. The van der Waals surface area contributed by atoms with Crippen LogP contribution in [-0.2, 0) is 6.54 Å². The van der Waals surface area contributed by atoms with Crippen molar-refractivity contribution >= 4 is 17.7 Å². The fourth-order valence-corrected chi connectivity index (χ4v) is 1.97. The molecule has 0 spiro atoms. The fourth-order valence-electron chi connectivity index (χ4n) is 1.57. The van der Waals surface area contributed by atoms with Crippen molar-refractivity contribution in [3.8, 4) is 6.01 Å². The molecule has 6 heteroatoms. The molecule has 1 N–H and O–H groups in total. The summed E-state index contributed by atoms with van der Waals surface area (Å²) in [4.78, 5) is 20.9. The average molecular weight is 289 g/mol. The molecule has 2 aromatic rings. The molecule has 0 aliphatic heterocycles. The van der Waals surface area contributed by atoms with Gasteiger partial charge in [0.2, 0.25) is 0 Å². The number of carbonyl (C=O) groups is 1. The molecule has 0 radical (unpaired) electrons. The first-order valence-electron chi connectivity index (χ1n) is 6.00. The molecular formula is C14H15N3O2S. The normalized spacial score (nSPS) is 10.1. The first-order chi connectivity index (χ1) is 9.72. The maximum absolute atomic E-state index is 11.9. The summed E-state index contributed by atoms with van der Waals surface area (Å²) >= 11 is 1.69. The minimum atomic E-state index is -0.207. The Morgan fingerprint density at radius 3 is 2.45 bits per heavy atom. The zero-order chi connectivity index (χ0) is 14.4. The zero-order valence-corrected chi connectivity index (χ0v) is 12.1. The number of carbonyl (C=O) groups excluding carboxylic acids is 1. The highest BCUT2D eigenvalue weighted by atomic mass is 32.2. The minimum absolute atomic E-state index is 0.207. The lowest BCUT2D eigenvalue weighted by molar-refractivity contribution is 0.0950. The molecule has 1 aromatic carbocycles. The van der Waals surface area contributed by atoms with Crippen LogP contribution in [0.25, 0.3) is 0 Å². The van der Waals surface area contributed by atoms with Crippen molar-refractivity contribution in [3.63, 3.8) is 0 Å². The van der Waals surface area contributed by atoms with Crippen LogP contribution in [-0.4, -0.2) is 29.2 Å². The van der Waals surface area contributed by atoms with Gasteiger partial charge in [0.05, 0.1) is 12.7 Å². The van der Waals surface area contributed by atoms with Gasteiger partial charge in [-0.05, 0) is 24.0 Å². The molecule has 0 saturated carbocycles. The molecule has 104 valence electrons. The van der Waals surface area contributed by atoms with Crippen LogP contribution in [0.4, 0.5) is 0 Å². The second-order valence-electron chi connectivity index (χ2n) is 3.99. The Hall–Kier alpha value is -2.08. The summed E-state index contributed by atoms with van der Waals surface area (Å²) in [6.07, 6.45) is 4.91. The van der Waals surface area contributed by atoms with Gasteiger partial charge in [-0.25, -0.2) is 9.97 Å². The SMILES string of the molecule is COc1ncc(C(=O)NCc2ccc(SC)cc2)cn1. The number of ether oxygens (including phenoxy) is 1. The molecule has 0 atom stereocenters. The van der Waals surface area contributed by atoms with Gasteiger partial charge >= 0.3 is 6.01 Å². The molecule has 0 fully saturated rings. The third-order valence-corrected chi connectivity index (χ3v) is 3.43. The fraction of sp³-hybridized carbons (Fsp3) is 0.214. The summed E-state index contributed by atoms with van der Waals surface area (Å²) in [7, 11) is 1.48. The second kappa shape index (κ2) is 6.91. The Morgan fingerprint density at radius 1 is 1.25 bits per heavy atom. The van der Waals surface area contributed by atoms with E-state index in [2.05, 4.69) is 15.3 Å². The smallest absolute Gasteiger partial charge is 0.316 e. The van der Waals surface area contributed by atoms with Gasteiger partial charge < -0.3 is 10.1 Å². The summed E-state index contributed by atoms with van der Waals surface area (Å²) in [5.74, 6) is -0.207. The van der Waals surface area contributed by atoms with E-state index >= 15 is 0 Å². The lowest BCUT2D eigenvalue weighted by atomic mass is 10.2. The number of nitrogens with zero attached hydrogens (tertiary/aromatic N) is 2. The maximum atomic E-state index is 11.9. The van der Waals surface area contributed by atoms with Gasteiger partial charge in [0.15, 0.2) is 0 Å². The highest BCUT2D eigenvalue weighted by Crippen LogP contribution is 2.14. The number of aromatic nitrogens is 2. The molecule has 0 aliphatic rings. The van der Waals surface area contributed by atoms with E-state index in [9.17, 15) is 4.79 Å². The largest absolute Gasteiger partial charge is 0.467 e. The first-order valence-corrected chi connectivity index (χ1v) is 7.22. The van der Waals surface area contributed by atoms with Crippen LogP contribution in [0.3, 0.4) is 0 Å². The Morgan fingerprint density at radius 2 is 1.90 bits per heavy atom. The van der Waals surface area contributed by atoms with Crippen LogP contribution < -0.4 is 10.1 Å². The average Bonchev–Trinajstić information content (AvgIpc) is 2.53. The van der Waals surface area contributed by atoms with E-state index in [1.165, 1.54) is 24.4 Å². The van der Waals surface area contributed by atoms with Crippen LogP contribution in [0, 0.1) is 0 Å². The van der Waals surface area contributed by atoms with Crippen molar-refractivity contribution in [2.75, 3.05) is 13.4 Å². The van der Waals surface area contributed by atoms with Crippen molar-refractivity contribution in [2.24, 2.45) is 0 Å². The van der Waals surface area contributed by atoms with Gasteiger partial charge in [0.25, 0.3) is 5.91 Å². The topological polar surface area (TPSA) is 64.1 Å². The Labute approximate surface area is 121 Å². The second-order valence-corrected chi connectivity index (χ2v) is 4.87. The predicted octanol–water partition coefficient (Wildman–Crippen LogP) is 2.14. The van der Waals surface area contributed by atoms with Crippen LogP contribution in [0.5, 0.6) is 6.01 Å². The molecule has 1 aromatic heterocycles. The highest BCUT2D eigenvalue weighted by Gasteiger charge is 2.07.